The van der Waals surface area contributed by atoms with Crippen LogP contribution in [0.15, 0.2) is 36.7 Å². The Balaban J connectivity index is 1.82. The van der Waals surface area contributed by atoms with Gasteiger partial charge in [-0.15, -0.1) is 5.10 Å². The molecular formula is C18H16N6O. The summed E-state index contributed by atoms with van der Waals surface area (Å²) < 4.78 is 3.83. The summed E-state index contributed by atoms with van der Waals surface area (Å²) >= 11 is 0. The number of imidazole rings is 1. The van der Waals surface area contributed by atoms with Gasteiger partial charge in [0.05, 0.1) is 11.3 Å². The molecule has 0 bridgehead atoms. The molecule has 0 radical (unpaired) electrons. The van der Waals surface area contributed by atoms with E-state index in [-0.39, 0.29) is 11.8 Å². The molecule has 4 aromatic rings. The Labute approximate surface area is 143 Å². The molecule has 0 saturated carbocycles. The van der Waals surface area contributed by atoms with Gasteiger partial charge in [0.1, 0.15) is 5.65 Å². The lowest BCUT2D eigenvalue weighted by atomic mass is 9.91. The summed E-state index contributed by atoms with van der Waals surface area (Å²) in [5, 5.41) is 7.47. The van der Waals surface area contributed by atoms with Gasteiger partial charge in [0.15, 0.2) is 11.5 Å². The van der Waals surface area contributed by atoms with Crippen LogP contribution in [0.5, 0.6) is 0 Å². The van der Waals surface area contributed by atoms with Crippen molar-refractivity contribution in [3.63, 3.8) is 0 Å². The number of nitrogens with zero attached hydrogens (tertiary/aromatic N) is 5. The molecule has 1 atom stereocenters. The Morgan fingerprint density at radius 1 is 1.28 bits per heavy atom. The van der Waals surface area contributed by atoms with E-state index in [1.54, 1.807) is 4.52 Å². The molecule has 0 fully saturated rings. The minimum atomic E-state index is -0.132. The van der Waals surface area contributed by atoms with Crippen LogP contribution in [0.25, 0.3) is 11.3 Å². The van der Waals surface area contributed by atoms with Gasteiger partial charge in [0.25, 0.3) is 0 Å². The average Bonchev–Trinajstić information content (AvgIpc) is 3.16. The van der Waals surface area contributed by atoms with E-state index >= 15 is 0 Å². The lowest BCUT2D eigenvalue weighted by molar-refractivity contribution is -0.116. The number of amides is 1. The Morgan fingerprint density at radius 3 is 3.04 bits per heavy atom. The van der Waals surface area contributed by atoms with Crippen LogP contribution in [0.4, 0.5) is 5.82 Å². The van der Waals surface area contributed by atoms with Crippen LogP contribution in [0.2, 0.25) is 0 Å². The van der Waals surface area contributed by atoms with Crippen molar-refractivity contribution in [1.29, 1.82) is 0 Å². The standard InChI is InChI=1S/C18H16N6O/c1-10-7-11(2)24-18(20-10)16-12(8-15(25)21-17(16)22-24)13-9-19-14-5-3-4-6-23(13)14/h3-7,9,12H,8H2,1-2H3,(H,21,22,25). The van der Waals surface area contributed by atoms with Crippen LogP contribution in [-0.4, -0.2) is 29.9 Å². The van der Waals surface area contributed by atoms with Crippen LogP contribution >= 0.6 is 0 Å². The predicted octanol–water partition coefficient (Wildman–Crippen LogP) is 2.47. The number of hydrogen-bond acceptors (Lipinski definition) is 4. The van der Waals surface area contributed by atoms with Gasteiger partial charge < -0.3 is 9.72 Å². The molecule has 5 rings (SSSR count). The van der Waals surface area contributed by atoms with Crippen molar-refractivity contribution < 1.29 is 4.79 Å². The lowest BCUT2D eigenvalue weighted by Gasteiger charge is -2.21. The topological polar surface area (TPSA) is 76.6 Å². The molecule has 25 heavy (non-hydrogen) atoms. The number of carbonyl (C=O) groups excluding carboxylic acids is 1. The lowest BCUT2D eigenvalue weighted by Crippen LogP contribution is -2.24. The number of rotatable bonds is 1. The Bertz CT molecular complexity index is 1160. The number of fused-ring (bicyclic) bond motifs is 4. The Hall–Kier alpha value is -3.22. The third-order valence-corrected chi connectivity index (χ3v) is 4.73. The number of aromatic nitrogens is 5. The first kappa shape index (κ1) is 14.2. The number of nitrogens with one attached hydrogen (secondary N) is 1. The van der Waals surface area contributed by atoms with Gasteiger partial charge in [-0.1, -0.05) is 6.07 Å². The molecule has 0 saturated heterocycles. The summed E-state index contributed by atoms with van der Waals surface area (Å²) in [6.45, 7) is 3.96. The minimum absolute atomic E-state index is 0.0406. The van der Waals surface area contributed by atoms with Crippen LogP contribution < -0.4 is 5.32 Å². The molecule has 0 spiro atoms. The fourth-order valence-electron chi connectivity index (χ4n) is 3.68. The van der Waals surface area contributed by atoms with Crippen LogP contribution in [0, 0.1) is 13.8 Å². The maximum Gasteiger partial charge on any atom is 0.226 e. The second-order valence-corrected chi connectivity index (χ2v) is 6.45. The minimum Gasteiger partial charge on any atom is -0.309 e. The van der Waals surface area contributed by atoms with Crippen molar-refractivity contribution >= 4 is 23.0 Å². The molecule has 0 aliphatic carbocycles. The van der Waals surface area contributed by atoms with E-state index in [4.69, 9.17) is 4.98 Å². The fraction of sp³-hybridized carbons (Fsp3) is 0.222. The monoisotopic (exact) mass is 332 g/mol. The summed E-state index contributed by atoms with van der Waals surface area (Å²) in [5.74, 6) is 0.418. The summed E-state index contributed by atoms with van der Waals surface area (Å²) in [5.41, 5.74) is 5.51. The van der Waals surface area contributed by atoms with Gasteiger partial charge in [-0.3, -0.25) is 4.79 Å². The number of aryl methyl sites for hydroxylation is 2. The zero-order valence-electron chi connectivity index (χ0n) is 13.9. The van der Waals surface area contributed by atoms with Gasteiger partial charge >= 0.3 is 0 Å². The number of hydrogen-bond donors (Lipinski definition) is 1. The molecular weight excluding hydrogens is 316 g/mol. The first-order valence-corrected chi connectivity index (χ1v) is 8.20. The highest BCUT2D eigenvalue weighted by Crippen LogP contribution is 2.39. The van der Waals surface area contributed by atoms with Crippen molar-refractivity contribution in [3.05, 3.63) is 59.3 Å². The second kappa shape index (κ2) is 4.89. The summed E-state index contributed by atoms with van der Waals surface area (Å²) in [4.78, 5) is 21.5. The fourth-order valence-corrected chi connectivity index (χ4v) is 3.68. The summed E-state index contributed by atoms with van der Waals surface area (Å²) in [6, 6.07) is 7.85. The Morgan fingerprint density at radius 2 is 2.16 bits per heavy atom. The van der Waals surface area contributed by atoms with Crippen molar-refractivity contribution in [3.8, 4) is 0 Å². The predicted molar refractivity (Wildman–Crippen MR) is 92.7 cm³/mol. The molecule has 124 valence electrons. The van der Waals surface area contributed by atoms with E-state index in [1.165, 1.54) is 0 Å². The van der Waals surface area contributed by atoms with E-state index in [0.717, 1.165) is 33.9 Å². The molecule has 7 heteroatoms. The van der Waals surface area contributed by atoms with Crippen molar-refractivity contribution in [2.75, 3.05) is 5.32 Å². The maximum atomic E-state index is 12.3. The molecule has 1 aliphatic rings. The average molecular weight is 332 g/mol. The smallest absolute Gasteiger partial charge is 0.226 e. The highest BCUT2D eigenvalue weighted by atomic mass is 16.1. The highest BCUT2D eigenvalue weighted by Gasteiger charge is 2.34. The molecule has 7 nitrogen and oxygen atoms in total. The maximum absolute atomic E-state index is 12.3. The molecule has 4 aromatic heterocycles. The number of anilines is 1. The van der Waals surface area contributed by atoms with Crippen LogP contribution in [-0.2, 0) is 4.79 Å². The molecule has 1 amide bonds. The van der Waals surface area contributed by atoms with E-state index in [9.17, 15) is 4.79 Å². The number of pyridine rings is 1. The van der Waals surface area contributed by atoms with Crippen molar-refractivity contribution in [1.82, 2.24) is 24.0 Å². The van der Waals surface area contributed by atoms with E-state index in [0.29, 0.717) is 12.2 Å². The Kier molecular flexibility index (Phi) is 2.77. The second-order valence-electron chi connectivity index (χ2n) is 6.45. The molecule has 1 N–H and O–H groups in total. The summed E-state index contributed by atoms with van der Waals surface area (Å²) in [7, 11) is 0. The molecule has 0 aromatic carbocycles. The third-order valence-electron chi connectivity index (χ3n) is 4.73. The van der Waals surface area contributed by atoms with Gasteiger partial charge in [-0.05, 0) is 32.0 Å². The molecule has 1 unspecified atom stereocenters. The quantitative estimate of drug-likeness (QED) is 0.581. The van der Waals surface area contributed by atoms with Crippen molar-refractivity contribution in [2.24, 2.45) is 0 Å². The van der Waals surface area contributed by atoms with Crippen LogP contribution in [0.1, 0.15) is 35.0 Å². The number of carbonyl (C=O) groups is 1. The largest absolute Gasteiger partial charge is 0.309 e. The third kappa shape index (κ3) is 1.98. The van der Waals surface area contributed by atoms with Gasteiger partial charge in [0.2, 0.25) is 5.91 Å². The van der Waals surface area contributed by atoms with E-state index < -0.39 is 0 Å². The highest BCUT2D eigenvalue weighted by molar-refractivity contribution is 5.95. The summed E-state index contributed by atoms with van der Waals surface area (Å²) in [6.07, 6.45) is 4.17. The first-order valence-electron chi connectivity index (χ1n) is 8.20. The van der Waals surface area contributed by atoms with Gasteiger partial charge in [0, 0.05) is 36.1 Å². The van der Waals surface area contributed by atoms with Crippen molar-refractivity contribution in [2.45, 2.75) is 26.2 Å². The zero-order valence-corrected chi connectivity index (χ0v) is 13.9. The SMILES string of the molecule is Cc1cc(C)n2nc3c(c2n1)C(c1cnc2ccccn12)CC(=O)N3. The first-order chi connectivity index (χ1) is 12.1. The van der Waals surface area contributed by atoms with Crippen LogP contribution in [0.3, 0.4) is 0 Å². The van der Waals surface area contributed by atoms with Gasteiger partial charge in [-0.25, -0.2) is 14.5 Å². The van der Waals surface area contributed by atoms with E-state index in [1.807, 2.05) is 54.9 Å². The molecule has 5 heterocycles. The van der Waals surface area contributed by atoms with E-state index in [2.05, 4.69) is 15.4 Å². The molecule has 1 aliphatic heterocycles. The zero-order chi connectivity index (χ0) is 17.1. The van der Waals surface area contributed by atoms with Gasteiger partial charge in [-0.2, -0.15) is 0 Å². The normalized spacial score (nSPS) is 17.0.